The second-order valence-corrected chi connectivity index (χ2v) is 4.17. The van der Waals surface area contributed by atoms with Crippen molar-refractivity contribution in [3.8, 4) is 0 Å². The summed E-state index contributed by atoms with van der Waals surface area (Å²) in [5.74, 6) is -3.57. The van der Waals surface area contributed by atoms with Crippen molar-refractivity contribution in [3.05, 3.63) is 0 Å². The Hall–Kier alpha value is -1.03. The molecule has 0 radical (unpaired) electrons. The Kier molecular flexibility index (Phi) is 5.36. The molecule has 0 aromatic rings. The van der Waals surface area contributed by atoms with Crippen molar-refractivity contribution in [2.45, 2.75) is 27.7 Å². The molecule has 0 heterocycles. The summed E-state index contributed by atoms with van der Waals surface area (Å²) < 4.78 is 0. The third-order valence-electron chi connectivity index (χ3n) is 2.18. The Morgan fingerprint density at radius 2 is 1.27 bits per heavy atom. The van der Waals surface area contributed by atoms with Gasteiger partial charge in [0.25, 0.3) is 0 Å². The highest BCUT2D eigenvalue weighted by atomic mass is 16.3. The third-order valence-corrected chi connectivity index (χ3v) is 2.18. The van der Waals surface area contributed by atoms with Gasteiger partial charge in [-0.1, -0.05) is 27.7 Å². The Balaban J connectivity index is 4.98. The topological polar surface area (TPSA) is 71.4 Å². The van der Waals surface area contributed by atoms with Crippen molar-refractivity contribution in [2.75, 3.05) is 6.61 Å². The van der Waals surface area contributed by atoms with Crippen LogP contribution in [0.4, 0.5) is 0 Å². The molecule has 4 heteroatoms. The predicted octanol–water partition coefficient (Wildman–Crippen LogP) is 0.614. The summed E-state index contributed by atoms with van der Waals surface area (Å²) in [6.45, 7) is 5.77. The van der Waals surface area contributed by atoms with E-state index in [-0.39, 0.29) is 11.8 Å². The van der Waals surface area contributed by atoms with Crippen LogP contribution in [0.5, 0.6) is 0 Å². The summed E-state index contributed by atoms with van der Waals surface area (Å²) >= 11 is 0. The van der Waals surface area contributed by atoms with Crippen molar-refractivity contribution in [2.24, 2.45) is 17.8 Å². The van der Waals surface area contributed by atoms with Crippen LogP contribution in [-0.4, -0.2) is 29.1 Å². The molecule has 0 fully saturated rings. The van der Waals surface area contributed by atoms with E-state index < -0.39 is 29.9 Å². The van der Waals surface area contributed by atoms with Crippen molar-refractivity contribution < 1.29 is 19.5 Å². The second kappa shape index (κ2) is 5.75. The highest BCUT2D eigenvalue weighted by Gasteiger charge is 2.35. The quantitative estimate of drug-likeness (QED) is 0.658. The first-order valence-electron chi connectivity index (χ1n) is 5.03. The zero-order valence-electron chi connectivity index (χ0n) is 9.61. The normalized spacial score (nSPS) is 11.2. The Morgan fingerprint density at radius 1 is 0.933 bits per heavy atom. The lowest BCUT2D eigenvalue weighted by Crippen LogP contribution is -2.38. The molecule has 0 aromatic carbocycles. The van der Waals surface area contributed by atoms with E-state index in [1.54, 1.807) is 27.7 Å². The first-order valence-corrected chi connectivity index (χ1v) is 5.03. The van der Waals surface area contributed by atoms with Gasteiger partial charge in [0.1, 0.15) is 12.5 Å². The number of ketones is 3. The fourth-order valence-corrected chi connectivity index (χ4v) is 1.22. The molecule has 0 unspecified atom stereocenters. The van der Waals surface area contributed by atoms with E-state index >= 15 is 0 Å². The highest BCUT2D eigenvalue weighted by Crippen LogP contribution is 2.14. The van der Waals surface area contributed by atoms with Crippen LogP contribution in [0, 0.1) is 17.8 Å². The summed E-state index contributed by atoms with van der Waals surface area (Å²) in [6, 6.07) is 0. The van der Waals surface area contributed by atoms with Crippen molar-refractivity contribution in [1.29, 1.82) is 0 Å². The Morgan fingerprint density at radius 3 is 1.47 bits per heavy atom. The van der Waals surface area contributed by atoms with Gasteiger partial charge in [0.05, 0.1) is 0 Å². The molecule has 0 atom stereocenters. The average molecular weight is 214 g/mol. The number of hydrogen-bond donors (Lipinski definition) is 1. The molecule has 15 heavy (non-hydrogen) atoms. The van der Waals surface area contributed by atoms with Crippen LogP contribution in [0.1, 0.15) is 27.7 Å². The lowest BCUT2D eigenvalue weighted by atomic mass is 9.84. The zero-order chi connectivity index (χ0) is 12.2. The summed E-state index contributed by atoms with van der Waals surface area (Å²) in [4.78, 5) is 34.6. The van der Waals surface area contributed by atoms with E-state index in [4.69, 9.17) is 5.11 Å². The largest absolute Gasteiger partial charge is 0.389 e. The molecule has 0 saturated heterocycles. The number of carbonyl (C=O) groups is 3. The van der Waals surface area contributed by atoms with Crippen LogP contribution in [0.15, 0.2) is 0 Å². The zero-order valence-corrected chi connectivity index (χ0v) is 9.61. The first kappa shape index (κ1) is 14.0. The fraction of sp³-hybridized carbons (Fsp3) is 0.727. The maximum absolute atomic E-state index is 11.6. The van der Waals surface area contributed by atoms with Gasteiger partial charge in [0.2, 0.25) is 0 Å². The van der Waals surface area contributed by atoms with E-state index in [0.717, 1.165) is 0 Å². The summed E-state index contributed by atoms with van der Waals surface area (Å²) in [6.07, 6.45) is 0. The summed E-state index contributed by atoms with van der Waals surface area (Å²) in [5, 5.41) is 8.71. The molecule has 0 rings (SSSR count). The molecule has 4 nitrogen and oxygen atoms in total. The summed E-state index contributed by atoms with van der Waals surface area (Å²) in [7, 11) is 0. The van der Waals surface area contributed by atoms with Crippen LogP contribution in [-0.2, 0) is 14.4 Å². The van der Waals surface area contributed by atoms with Gasteiger partial charge in [0, 0.05) is 11.8 Å². The molecule has 0 aliphatic rings. The number of Topliss-reactive ketones (excluding diaryl/α,β-unsaturated/α-hetero) is 3. The van der Waals surface area contributed by atoms with Gasteiger partial charge in [-0.15, -0.1) is 0 Å². The molecular formula is C11H18O4. The number of carbonyl (C=O) groups excluding carboxylic acids is 3. The van der Waals surface area contributed by atoms with Gasteiger partial charge in [-0.25, -0.2) is 0 Å². The lowest BCUT2D eigenvalue weighted by Gasteiger charge is -2.16. The molecule has 0 bridgehead atoms. The smallest absolute Gasteiger partial charge is 0.176 e. The van der Waals surface area contributed by atoms with Crippen LogP contribution < -0.4 is 0 Å². The van der Waals surface area contributed by atoms with Gasteiger partial charge >= 0.3 is 0 Å². The van der Waals surface area contributed by atoms with Gasteiger partial charge < -0.3 is 5.11 Å². The van der Waals surface area contributed by atoms with Crippen molar-refractivity contribution in [1.82, 2.24) is 0 Å². The number of hydrogen-bond acceptors (Lipinski definition) is 4. The molecule has 0 aliphatic carbocycles. The van der Waals surface area contributed by atoms with E-state index in [1.165, 1.54) is 0 Å². The number of aliphatic hydroxyl groups excluding tert-OH is 1. The number of rotatable bonds is 6. The van der Waals surface area contributed by atoms with Crippen molar-refractivity contribution in [3.63, 3.8) is 0 Å². The van der Waals surface area contributed by atoms with E-state index in [2.05, 4.69) is 0 Å². The average Bonchev–Trinajstić information content (AvgIpc) is 2.16. The Bertz CT molecular complexity index is 246. The lowest BCUT2D eigenvalue weighted by molar-refractivity contribution is -0.143. The maximum atomic E-state index is 11.6. The minimum Gasteiger partial charge on any atom is -0.389 e. The predicted molar refractivity (Wildman–Crippen MR) is 55.3 cm³/mol. The minimum atomic E-state index is -1.28. The van der Waals surface area contributed by atoms with E-state index in [0.29, 0.717) is 0 Å². The molecule has 86 valence electrons. The Labute approximate surface area is 89.7 Å². The number of aliphatic hydroxyl groups is 1. The molecule has 0 spiro atoms. The molecule has 0 aromatic heterocycles. The second-order valence-electron chi connectivity index (χ2n) is 4.17. The van der Waals surface area contributed by atoms with Gasteiger partial charge in [-0.05, 0) is 0 Å². The molecule has 1 N–H and O–H groups in total. The maximum Gasteiger partial charge on any atom is 0.176 e. The van der Waals surface area contributed by atoms with Gasteiger partial charge in [-0.2, -0.15) is 0 Å². The first-order chi connectivity index (χ1) is 6.82. The summed E-state index contributed by atoms with van der Waals surface area (Å²) in [5.41, 5.74) is 0. The monoisotopic (exact) mass is 214 g/mol. The third kappa shape index (κ3) is 3.55. The SMILES string of the molecule is CC(C)C(=O)C(C(=O)CO)C(=O)C(C)C. The van der Waals surface area contributed by atoms with Crippen molar-refractivity contribution >= 4 is 17.3 Å². The van der Waals surface area contributed by atoms with Gasteiger partial charge in [0.15, 0.2) is 17.3 Å². The van der Waals surface area contributed by atoms with Crippen LogP contribution in [0.25, 0.3) is 0 Å². The molecule has 0 amide bonds. The standard InChI is InChI=1S/C11H18O4/c1-6(2)10(14)9(8(13)5-12)11(15)7(3)4/h6-7,9,12H,5H2,1-4H3. The van der Waals surface area contributed by atoms with Crippen LogP contribution in [0.3, 0.4) is 0 Å². The molecular weight excluding hydrogens is 196 g/mol. The fourth-order valence-electron chi connectivity index (χ4n) is 1.22. The van der Waals surface area contributed by atoms with Crippen LogP contribution in [0.2, 0.25) is 0 Å². The van der Waals surface area contributed by atoms with E-state index in [9.17, 15) is 14.4 Å². The minimum absolute atomic E-state index is 0.381. The molecule has 0 saturated carbocycles. The highest BCUT2D eigenvalue weighted by molar-refractivity contribution is 6.20. The van der Waals surface area contributed by atoms with Crippen LogP contribution >= 0.6 is 0 Å². The van der Waals surface area contributed by atoms with E-state index in [1.807, 2.05) is 0 Å². The van der Waals surface area contributed by atoms with Gasteiger partial charge in [-0.3, -0.25) is 14.4 Å². The molecule has 0 aliphatic heterocycles.